The number of rotatable bonds is 8. The Morgan fingerprint density at radius 3 is 1.25 bits per heavy atom. The molecule has 178 valence electrons. The Bertz CT molecular complexity index is 731. The molecule has 1 aromatic heterocycles. The number of carbonyl (C=O) groups excluding carboxylic acids is 4. The van der Waals surface area contributed by atoms with E-state index in [1.165, 1.54) is 12.4 Å². The molecule has 0 aromatic carbocycles. The summed E-state index contributed by atoms with van der Waals surface area (Å²) in [7, 11) is 0. The van der Waals surface area contributed by atoms with Crippen LogP contribution in [0, 0.1) is 0 Å². The average Bonchev–Trinajstić information content (AvgIpc) is 2.65. The largest absolute Gasteiger partial charge is 0.444 e. The van der Waals surface area contributed by atoms with Crippen LogP contribution in [-0.2, 0) is 9.47 Å². The van der Waals surface area contributed by atoms with Gasteiger partial charge in [-0.1, -0.05) is 0 Å². The molecule has 0 fully saturated rings. The van der Waals surface area contributed by atoms with Crippen LogP contribution in [0.3, 0.4) is 0 Å². The molecule has 1 rings (SSSR count). The zero-order chi connectivity index (χ0) is 24.4. The summed E-state index contributed by atoms with van der Waals surface area (Å²) in [6, 6.07) is 0. The molecule has 0 unspecified atom stereocenters. The van der Waals surface area contributed by atoms with Gasteiger partial charge in [-0.25, -0.2) is 19.6 Å². The number of amides is 4. The zero-order valence-electron chi connectivity index (χ0n) is 19.3. The van der Waals surface area contributed by atoms with E-state index in [0.29, 0.717) is 0 Å². The van der Waals surface area contributed by atoms with Gasteiger partial charge in [0.2, 0.25) is 0 Å². The zero-order valence-corrected chi connectivity index (χ0v) is 19.3. The van der Waals surface area contributed by atoms with Gasteiger partial charge in [0, 0.05) is 26.2 Å². The Balaban J connectivity index is 2.34. The number of ether oxygens (including phenoxy) is 2. The number of hydrogen-bond acceptors (Lipinski definition) is 8. The van der Waals surface area contributed by atoms with Crippen LogP contribution in [0.25, 0.3) is 0 Å². The first kappa shape index (κ1) is 26.6. The van der Waals surface area contributed by atoms with Crippen LogP contribution in [0.2, 0.25) is 0 Å². The van der Waals surface area contributed by atoms with Gasteiger partial charge in [0.1, 0.15) is 22.6 Å². The normalized spacial score (nSPS) is 11.2. The Labute approximate surface area is 187 Å². The van der Waals surface area contributed by atoms with Crippen molar-refractivity contribution in [1.82, 2.24) is 31.2 Å². The summed E-state index contributed by atoms with van der Waals surface area (Å²) in [5, 5.41) is 10.2. The van der Waals surface area contributed by atoms with Crippen LogP contribution < -0.4 is 21.3 Å². The van der Waals surface area contributed by atoms with Crippen LogP contribution in [0.4, 0.5) is 9.59 Å². The number of alkyl carbamates (subject to hydrolysis) is 2. The number of hydrogen-bond donors (Lipinski definition) is 4. The van der Waals surface area contributed by atoms with E-state index < -0.39 is 35.2 Å². The molecule has 0 atom stereocenters. The molecule has 4 amide bonds. The topological polar surface area (TPSA) is 161 Å². The van der Waals surface area contributed by atoms with Crippen molar-refractivity contribution in [3.63, 3.8) is 0 Å². The summed E-state index contributed by atoms with van der Waals surface area (Å²) in [5.74, 6) is -1.01. The van der Waals surface area contributed by atoms with Gasteiger partial charge in [0.05, 0.1) is 12.4 Å². The maximum absolute atomic E-state index is 12.1. The van der Waals surface area contributed by atoms with Crippen LogP contribution in [0.1, 0.15) is 62.5 Å². The van der Waals surface area contributed by atoms with E-state index >= 15 is 0 Å². The molecule has 1 heterocycles. The van der Waals surface area contributed by atoms with E-state index in [9.17, 15) is 19.2 Å². The van der Waals surface area contributed by atoms with Gasteiger partial charge < -0.3 is 30.7 Å². The Morgan fingerprint density at radius 2 is 0.969 bits per heavy atom. The smallest absolute Gasteiger partial charge is 0.407 e. The molecular formula is C20H32N6O6. The molecule has 0 aliphatic rings. The SMILES string of the molecule is CC(C)(C)OC(=O)NCCNC(=O)c1cnc(C(=O)NCCNC(=O)OC(C)(C)C)cn1. The van der Waals surface area contributed by atoms with Gasteiger partial charge in [-0.05, 0) is 41.5 Å². The van der Waals surface area contributed by atoms with Crippen molar-refractivity contribution in [1.29, 1.82) is 0 Å². The fraction of sp³-hybridized carbons (Fsp3) is 0.600. The van der Waals surface area contributed by atoms with Gasteiger partial charge in [0.25, 0.3) is 11.8 Å². The van der Waals surface area contributed by atoms with Crippen molar-refractivity contribution >= 4 is 24.0 Å². The van der Waals surface area contributed by atoms with E-state index in [0.717, 1.165) is 0 Å². The lowest BCUT2D eigenvalue weighted by molar-refractivity contribution is 0.0516. The Hall–Kier alpha value is -3.44. The molecule has 0 spiro atoms. The van der Waals surface area contributed by atoms with Gasteiger partial charge in [0.15, 0.2) is 0 Å². The molecule has 12 heteroatoms. The summed E-state index contributed by atoms with van der Waals surface area (Å²) in [6.45, 7) is 11.2. The highest BCUT2D eigenvalue weighted by molar-refractivity contribution is 5.94. The van der Waals surface area contributed by atoms with E-state index in [2.05, 4.69) is 31.2 Å². The standard InChI is InChI=1S/C20H32N6O6/c1-19(2,3)31-17(29)23-9-7-21-15(27)13-11-26-14(12-25-13)16(28)22-8-10-24-18(30)32-20(4,5)6/h11-12H,7-10H2,1-6H3,(H,21,27)(H,22,28)(H,23,29)(H,24,30). The van der Waals surface area contributed by atoms with Crippen LogP contribution in [0.15, 0.2) is 12.4 Å². The van der Waals surface area contributed by atoms with Gasteiger partial charge in [-0.15, -0.1) is 0 Å². The fourth-order valence-corrected chi connectivity index (χ4v) is 2.05. The van der Waals surface area contributed by atoms with Crippen LogP contribution >= 0.6 is 0 Å². The molecule has 12 nitrogen and oxygen atoms in total. The molecule has 0 saturated heterocycles. The average molecular weight is 453 g/mol. The molecule has 0 aliphatic carbocycles. The minimum Gasteiger partial charge on any atom is -0.444 e. The van der Waals surface area contributed by atoms with Crippen LogP contribution in [0.5, 0.6) is 0 Å². The molecule has 4 N–H and O–H groups in total. The molecule has 1 aromatic rings. The lowest BCUT2D eigenvalue weighted by Gasteiger charge is -2.19. The number of nitrogens with zero attached hydrogens (tertiary/aromatic N) is 2. The minimum absolute atomic E-state index is 0.0189. The minimum atomic E-state index is -0.606. The molecular weight excluding hydrogens is 420 g/mol. The van der Waals surface area contributed by atoms with Crippen molar-refractivity contribution < 1.29 is 28.7 Å². The Morgan fingerprint density at radius 1 is 0.656 bits per heavy atom. The molecule has 0 radical (unpaired) electrons. The molecule has 0 bridgehead atoms. The second-order valence-corrected chi connectivity index (χ2v) is 8.66. The predicted molar refractivity (Wildman–Crippen MR) is 115 cm³/mol. The third-order valence-corrected chi connectivity index (χ3v) is 3.27. The van der Waals surface area contributed by atoms with Crippen molar-refractivity contribution in [3.05, 3.63) is 23.8 Å². The second-order valence-electron chi connectivity index (χ2n) is 8.66. The van der Waals surface area contributed by atoms with Gasteiger partial charge in [-0.2, -0.15) is 0 Å². The quantitative estimate of drug-likeness (QED) is 0.425. The maximum atomic E-state index is 12.1. The second kappa shape index (κ2) is 11.8. The molecule has 32 heavy (non-hydrogen) atoms. The number of carbonyl (C=O) groups is 4. The van der Waals surface area contributed by atoms with Crippen molar-refractivity contribution in [3.8, 4) is 0 Å². The number of aromatic nitrogens is 2. The fourth-order valence-electron chi connectivity index (χ4n) is 2.05. The first-order valence-corrected chi connectivity index (χ1v) is 10.1. The summed E-state index contributed by atoms with van der Waals surface area (Å²) < 4.78 is 10.2. The van der Waals surface area contributed by atoms with Crippen molar-refractivity contribution in [2.24, 2.45) is 0 Å². The predicted octanol–water partition coefficient (Wildman–Crippen LogP) is 0.986. The first-order chi connectivity index (χ1) is 14.8. The molecule has 0 aliphatic heterocycles. The monoisotopic (exact) mass is 452 g/mol. The van der Waals surface area contributed by atoms with Crippen LogP contribution in [-0.4, -0.2) is 71.3 Å². The third kappa shape index (κ3) is 11.7. The summed E-state index contributed by atoms with van der Waals surface area (Å²) in [5.41, 5.74) is -1.17. The Kier molecular flexibility index (Phi) is 9.82. The maximum Gasteiger partial charge on any atom is 0.407 e. The highest BCUT2D eigenvalue weighted by Crippen LogP contribution is 2.06. The first-order valence-electron chi connectivity index (χ1n) is 10.1. The van der Waals surface area contributed by atoms with Crippen molar-refractivity contribution in [2.75, 3.05) is 26.2 Å². The molecule has 0 saturated carbocycles. The van der Waals surface area contributed by atoms with E-state index in [1.54, 1.807) is 41.5 Å². The van der Waals surface area contributed by atoms with Crippen molar-refractivity contribution in [2.45, 2.75) is 52.7 Å². The van der Waals surface area contributed by atoms with E-state index in [-0.39, 0.29) is 37.6 Å². The highest BCUT2D eigenvalue weighted by Gasteiger charge is 2.17. The lowest BCUT2D eigenvalue weighted by atomic mass is 10.2. The van der Waals surface area contributed by atoms with E-state index in [4.69, 9.17) is 9.47 Å². The summed E-state index contributed by atoms with van der Waals surface area (Å²) in [4.78, 5) is 55.0. The highest BCUT2D eigenvalue weighted by atomic mass is 16.6. The van der Waals surface area contributed by atoms with Gasteiger partial charge >= 0.3 is 12.2 Å². The summed E-state index contributed by atoms with van der Waals surface area (Å²) in [6.07, 6.45) is 1.18. The lowest BCUT2D eigenvalue weighted by Crippen LogP contribution is -2.38. The van der Waals surface area contributed by atoms with E-state index in [1.807, 2.05) is 0 Å². The van der Waals surface area contributed by atoms with Gasteiger partial charge in [-0.3, -0.25) is 9.59 Å². The third-order valence-electron chi connectivity index (χ3n) is 3.27. The summed E-state index contributed by atoms with van der Waals surface area (Å²) >= 11 is 0. The number of nitrogens with one attached hydrogen (secondary N) is 4.